The third kappa shape index (κ3) is 5.24. The van der Waals surface area contributed by atoms with E-state index in [0.717, 1.165) is 17.7 Å². The van der Waals surface area contributed by atoms with Gasteiger partial charge in [-0.25, -0.2) is 0 Å². The standard InChI is InChI=1S/C21H20ClN3O2S/c1-3-14-4-6-15(7-5-14)17-9-11-21(25-24-17)28-13-20(26)23-18-12-16(22)8-10-19(18)27-2/h4-12H,3,13H2,1-2H3,(H,23,26). The van der Waals surface area contributed by atoms with E-state index in [-0.39, 0.29) is 11.7 Å². The third-order valence-electron chi connectivity index (χ3n) is 4.08. The second-order valence-electron chi connectivity index (χ2n) is 5.99. The normalized spacial score (nSPS) is 10.5. The third-order valence-corrected chi connectivity index (χ3v) is 5.24. The molecule has 0 unspecified atom stereocenters. The van der Waals surface area contributed by atoms with Crippen molar-refractivity contribution in [1.29, 1.82) is 0 Å². The number of carbonyl (C=O) groups excluding carboxylic acids is 1. The Bertz CT molecular complexity index is 947. The van der Waals surface area contributed by atoms with Crippen LogP contribution in [0.5, 0.6) is 5.75 Å². The molecule has 0 saturated heterocycles. The quantitative estimate of drug-likeness (QED) is 0.546. The molecule has 0 atom stereocenters. The molecule has 1 aromatic heterocycles. The van der Waals surface area contributed by atoms with Gasteiger partial charge in [-0.1, -0.05) is 54.6 Å². The fourth-order valence-corrected chi connectivity index (χ4v) is 3.35. The Morgan fingerprint density at radius 2 is 1.89 bits per heavy atom. The van der Waals surface area contributed by atoms with Gasteiger partial charge in [0.2, 0.25) is 5.91 Å². The van der Waals surface area contributed by atoms with Crippen molar-refractivity contribution in [2.75, 3.05) is 18.2 Å². The lowest BCUT2D eigenvalue weighted by atomic mass is 10.1. The Balaban J connectivity index is 1.58. The van der Waals surface area contributed by atoms with Gasteiger partial charge in [0.1, 0.15) is 10.8 Å². The van der Waals surface area contributed by atoms with Gasteiger partial charge < -0.3 is 10.1 Å². The number of nitrogens with one attached hydrogen (secondary N) is 1. The highest BCUT2D eigenvalue weighted by Gasteiger charge is 2.10. The summed E-state index contributed by atoms with van der Waals surface area (Å²) in [6.45, 7) is 2.12. The molecule has 0 bridgehead atoms. The molecule has 0 aliphatic rings. The van der Waals surface area contributed by atoms with Crippen LogP contribution >= 0.6 is 23.4 Å². The van der Waals surface area contributed by atoms with Crippen LogP contribution in [-0.2, 0) is 11.2 Å². The minimum atomic E-state index is -0.174. The minimum absolute atomic E-state index is 0.174. The van der Waals surface area contributed by atoms with Crippen LogP contribution in [-0.4, -0.2) is 29.0 Å². The minimum Gasteiger partial charge on any atom is -0.495 e. The summed E-state index contributed by atoms with van der Waals surface area (Å²) in [5, 5.41) is 12.5. The molecule has 1 N–H and O–H groups in total. The number of benzene rings is 2. The second-order valence-corrected chi connectivity index (χ2v) is 7.42. The van der Waals surface area contributed by atoms with Gasteiger partial charge in [0, 0.05) is 10.6 Å². The summed E-state index contributed by atoms with van der Waals surface area (Å²) >= 11 is 7.30. The van der Waals surface area contributed by atoms with Gasteiger partial charge in [0.25, 0.3) is 0 Å². The van der Waals surface area contributed by atoms with E-state index in [2.05, 4.69) is 34.6 Å². The molecule has 0 fully saturated rings. The van der Waals surface area contributed by atoms with Crippen LogP contribution in [0.2, 0.25) is 5.02 Å². The summed E-state index contributed by atoms with van der Waals surface area (Å²) in [6, 6.07) is 17.1. The lowest BCUT2D eigenvalue weighted by Gasteiger charge is -2.10. The largest absolute Gasteiger partial charge is 0.495 e. The SMILES string of the molecule is CCc1ccc(-c2ccc(SCC(=O)Nc3cc(Cl)ccc3OC)nn2)cc1. The summed E-state index contributed by atoms with van der Waals surface area (Å²) in [5.74, 6) is 0.585. The van der Waals surface area contributed by atoms with E-state index in [4.69, 9.17) is 16.3 Å². The molecule has 1 heterocycles. The zero-order chi connectivity index (χ0) is 19.9. The van der Waals surface area contributed by atoms with Crippen molar-refractivity contribution < 1.29 is 9.53 Å². The molecular formula is C21H20ClN3O2S. The van der Waals surface area contributed by atoms with Gasteiger partial charge in [0.15, 0.2) is 0 Å². The van der Waals surface area contributed by atoms with Crippen LogP contribution in [0.25, 0.3) is 11.3 Å². The fourth-order valence-electron chi connectivity index (χ4n) is 2.57. The summed E-state index contributed by atoms with van der Waals surface area (Å²) < 4.78 is 5.23. The Hall–Kier alpha value is -2.57. The second kappa shape index (κ2) is 9.57. The van der Waals surface area contributed by atoms with Gasteiger partial charge in [-0.2, -0.15) is 0 Å². The molecule has 144 valence electrons. The number of halogens is 1. The van der Waals surface area contributed by atoms with Crippen molar-refractivity contribution in [3.63, 3.8) is 0 Å². The average Bonchev–Trinajstić information content (AvgIpc) is 2.73. The average molecular weight is 414 g/mol. The first-order valence-corrected chi connectivity index (χ1v) is 10.1. The number of carbonyl (C=O) groups is 1. The zero-order valence-corrected chi connectivity index (χ0v) is 17.2. The first kappa shape index (κ1) is 20.2. The molecule has 3 aromatic rings. The fraction of sp³-hybridized carbons (Fsp3) is 0.190. The number of anilines is 1. The lowest BCUT2D eigenvalue weighted by Crippen LogP contribution is -2.14. The molecule has 0 spiro atoms. The van der Waals surface area contributed by atoms with E-state index < -0.39 is 0 Å². The topological polar surface area (TPSA) is 64.1 Å². The highest BCUT2D eigenvalue weighted by Crippen LogP contribution is 2.28. The predicted molar refractivity (Wildman–Crippen MR) is 114 cm³/mol. The van der Waals surface area contributed by atoms with Crippen LogP contribution in [0, 0.1) is 0 Å². The number of rotatable bonds is 7. The van der Waals surface area contributed by atoms with E-state index >= 15 is 0 Å². The first-order chi connectivity index (χ1) is 13.6. The number of aryl methyl sites for hydroxylation is 1. The number of thioether (sulfide) groups is 1. The maximum Gasteiger partial charge on any atom is 0.234 e. The first-order valence-electron chi connectivity index (χ1n) is 8.78. The lowest BCUT2D eigenvalue weighted by molar-refractivity contribution is -0.113. The molecule has 2 aromatic carbocycles. The van der Waals surface area contributed by atoms with E-state index in [1.54, 1.807) is 25.3 Å². The molecular weight excluding hydrogens is 394 g/mol. The van der Waals surface area contributed by atoms with Crippen LogP contribution in [0.1, 0.15) is 12.5 Å². The number of methoxy groups -OCH3 is 1. The van der Waals surface area contributed by atoms with Crippen LogP contribution in [0.15, 0.2) is 59.6 Å². The Labute approximate surface area is 173 Å². The van der Waals surface area contributed by atoms with Crippen LogP contribution < -0.4 is 10.1 Å². The molecule has 28 heavy (non-hydrogen) atoms. The predicted octanol–water partition coefficient (Wildman–Crippen LogP) is 5.10. The monoisotopic (exact) mass is 413 g/mol. The van der Waals surface area contributed by atoms with Crippen LogP contribution in [0.4, 0.5) is 5.69 Å². The summed E-state index contributed by atoms with van der Waals surface area (Å²) in [4.78, 5) is 12.2. The van der Waals surface area contributed by atoms with Crippen molar-refractivity contribution >= 4 is 35.0 Å². The van der Waals surface area contributed by atoms with Crippen molar-refractivity contribution in [2.24, 2.45) is 0 Å². The summed E-state index contributed by atoms with van der Waals surface area (Å²) in [5.41, 5.74) is 3.65. The number of hydrogen-bond acceptors (Lipinski definition) is 5. The highest BCUT2D eigenvalue weighted by molar-refractivity contribution is 7.99. The number of ether oxygens (including phenoxy) is 1. The van der Waals surface area contributed by atoms with E-state index in [9.17, 15) is 4.79 Å². The van der Waals surface area contributed by atoms with Gasteiger partial charge in [-0.3, -0.25) is 4.79 Å². The maximum atomic E-state index is 12.2. The smallest absolute Gasteiger partial charge is 0.234 e. The number of aromatic nitrogens is 2. The number of nitrogens with zero attached hydrogens (tertiary/aromatic N) is 2. The van der Waals surface area contributed by atoms with Gasteiger partial charge >= 0.3 is 0 Å². The summed E-state index contributed by atoms with van der Waals surface area (Å²) in [6.07, 6.45) is 1.00. The van der Waals surface area contributed by atoms with E-state index in [0.29, 0.717) is 21.5 Å². The van der Waals surface area contributed by atoms with E-state index in [1.807, 2.05) is 24.3 Å². The molecule has 0 aliphatic carbocycles. The summed E-state index contributed by atoms with van der Waals surface area (Å²) in [7, 11) is 1.54. The van der Waals surface area contributed by atoms with E-state index in [1.165, 1.54) is 17.3 Å². The molecule has 0 radical (unpaired) electrons. The van der Waals surface area contributed by atoms with Crippen molar-refractivity contribution in [1.82, 2.24) is 10.2 Å². The molecule has 0 aliphatic heterocycles. The van der Waals surface area contributed by atoms with Gasteiger partial charge in [-0.15, -0.1) is 10.2 Å². The van der Waals surface area contributed by atoms with Crippen LogP contribution in [0.3, 0.4) is 0 Å². The molecule has 7 heteroatoms. The molecule has 0 saturated carbocycles. The van der Waals surface area contributed by atoms with Crippen molar-refractivity contribution in [3.05, 3.63) is 65.2 Å². The van der Waals surface area contributed by atoms with Gasteiger partial charge in [0.05, 0.1) is 24.2 Å². The number of amides is 1. The van der Waals surface area contributed by atoms with Crippen molar-refractivity contribution in [2.45, 2.75) is 18.4 Å². The maximum absolute atomic E-state index is 12.2. The molecule has 5 nitrogen and oxygen atoms in total. The van der Waals surface area contributed by atoms with Crippen molar-refractivity contribution in [3.8, 4) is 17.0 Å². The molecule has 1 amide bonds. The van der Waals surface area contributed by atoms with Gasteiger partial charge in [-0.05, 0) is 42.3 Å². The Kier molecular flexibility index (Phi) is 6.90. The number of hydrogen-bond donors (Lipinski definition) is 1. The Morgan fingerprint density at radius 3 is 2.54 bits per heavy atom. The zero-order valence-electron chi connectivity index (χ0n) is 15.6. The molecule has 3 rings (SSSR count). The highest BCUT2D eigenvalue weighted by atomic mass is 35.5. The Morgan fingerprint density at radius 1 is 1.11 bits per heavy atom.